The molecule has 0 fully saturated rings. The second kappa shape index (κ2) is 14.2. The van der Waals surface area contributed by atoms with Crippen LogP contribution in [0.15, 0.2) is 11.8 Å². The molecule has 0 aliphatic carbocycles. The third-order valence-electron chi connectivity index (χ3n) is 3.80. The van der Waals surface area contributed by atoms with E-state index in [2.05, 4.69) is 6.92 Å². The number of ketones is 1. The summed E-state index contributed by atoms with van der Waals surface area (Å²) in [5, 5.41) is 28.0. The molecule has 134 valence electrons. The summed E-state index contributed by atoms with van der Waals surface area (Å²) in [6.07, 6.45) is 9.60. The van der Waals surface area contributed by atoms with Gasteiger partial charge in [-0.2, -0.15) is 0 Å². The quantitative estimate of drug-likeness (QED) is 0.238. The Hall–Kier alpha value is -1.36. The van der Waals surface area contributed by atoms with Gasteiger partial charge in [-0.05, 0) is 31.8 Å². The van der Waals surface area contributed by atoms with Crippen LogP contribution in [-0.4, -0.2) is 33.2 Å². The molecule has 0 aliphatic rings. The van der Waals surface area contributed by atoms with Gasteiger partial charge in [-0.25, -0.2) is 0 Å². The first-order valence-electron chi connectivity index (χ1n) is 8.79. The lowest BCUT2D eigenvalue weighted by Crippen LogP contribution is -2.07. The molecule has 0 rings (SSSR count). The van der Waals surface area contributed by atoms with E-state index in [1.165, 1.54) is 6.08 Å². The van der Waals surface area contributed by atoms with E-state index in [4.69, 9.17) is 5.11 Å². The molecule has 0 spiro atoms. The number of hydrogen-bond donors (Lipinski definition) is 3. The molecule has 1 unspecified atom stereocenters. The topological polar surface area (TPSA) is 94.8 Å². The molecule has 23 heavy (non-hydrogen) atoms. The molecule has 0 aromatic carbocycles. The first-order valence-corrected chi connectivity index (χ1v) is 8.79. The Morgan fingerprint density at radius 3 is 2.17 bits per heavy atom. The van der Waals surface area contributed by atoms with Crippen molar-refractivity contribution in [3.63, 3.8) is 0 Å². The number of carbonyl (C=O) groups is 2. The Balaban J connectivity index is 3.68. The van der Waals surface area contributed by atoms with Crippen molar-refractivity contribution >= 4 is 11.8 Å². The molecule has 0 aromatic heterocycles. The van der Waals surface area contributed by atoms with Crippen molar-refractivity contribution in [2.24, 2.45) is 0 Å². The highest BCUT2D eigenvalue weighted by molar-refractivity contribution is 5.92. The van der Waals surface area contributed by atoms with E-state index >= 15 is 0 Å². The Kier molecular flexibility index (Phi) is 13.4. The number of carboxylic acid groups (broad SMARTS) is 1. The van der Waals surface area contributed by atoms with E-state index in [-0.39, 0.29) is 18.0 Å². The smallest absolute Gasteiger partial charge is 0.303 e. The van der Waals surface area contributed by atoms with Crippen LogP contribution in [0.3, 0.4) is 0 Å². The van der Waals surface area contributed by atoms with Gasteiger partial charge in [0.1, 0.15) is 0 Å². The number of aliphatic hydroxyl groups is 2. The van der Waals surface area contributed by atoms with Gasteiger partial charge in [0.2, 0.25) is 0 Å². The van der Waals surface area contributed by atoms with Crippen LogP contribution in [0.4, 0.5) is 0 Å². The number of carbonyl (C=O) groups excluding carboxylic acids is 1. The fraction of sp³-hybridized carbons (Fsp3) is 0.778. The minimum Gasteiger partial charge on any atom is -0.505 e. The first-order chi connectivity index (χ1) is 11.0. The summed E-state index contributed by atoms with van der Waals surface area (Å²) < 4.78 is 0. The average Bonchev–Trinajstić information content (AvgIpc) is 2.51. The van der Waals surface area contributed by atoms with Crippen LogP contribution in [0.2, 0.25) is 0 Å². The normalized spacial score (nSPS) is 13.0. The van der Waals surface area contributed by atoms with Crippen LogP contribution in [0.25, 0.3) is 0 Å². The minimum absolute atomic E-state index is 0.221. The number of allylic oxidation sites excluding steroid dienone is 1. The molecule has 1 atom stereocenters. The lowest BCUT2D eigenvalue weighted by Gasteiger charge is -2.08. The fourth-order valence-corrected chi connectivity index (χ4v) is 2.33. The summed E-state index contributed by atoms with van der Waals surface area (Å²) in [6, 6.07) is 0. The number of hydrogen-bond acceptors (Lipinski definition) is 4. The molecule has 0 aromatic rings. The van der Waals surface area contributed by atoms with Crippen molar-refractivity contribution in [3.05, 3.63) is 11.8 Å². The van der Waals surface area contributed by atoms with Crippen molar-refractivity contribution in [2.45, 2.75) is 90.1 Å². The summed E-state index contributed by atoms with van der Waals surface area (Å²) in [7, 11) is 0. The number of carboxylic acids is 1. The Labute approximate surface area is 139 Å². The SMILES string of the molecule is CCCCCC(=O)C(O)=CCC(O)CCCCCCCC(=O)O. The van der Waals surface area contributed by atoms with Crippen LogP contribution in [0.1, 0.15) is 84.0 Å². The molecule has 5 heteroatoms. The Bertz CT molecular complexity index is 362. The molecule has 0 amide bonds. The fourth-order valence-electron chi connectivity index (χ4n) is 2.33. The largest absolute Gasteiger partial charge is 0.505 e. The third kappa shape index (κ3) is 14.0. The van der Waals surface area contributed by atoms with E-state index in [0.717, 1.165) is 44.9 Å². The molecule has 5 nitrogen and oxygen atoms in total. The standard InChI is InChI=1S/C18H32O5/c1-2-3-7-11-16(20)17(21)14-13-15(19)10-8-5-4-6-9-12-18(22)23/h14-15,19,21H,2-13H2,1H3,(H,22,23). The molecule has 0 aliphatic heterocycles. The van der Waals surface area contributed by atoms with Crippen LogP contribution in [-0.2, 0) is 9.59 Å². The van der Waals surface area contributed by atoms with Gasteiger partial charge in [0.25, 0.3) is 0 Å². The van der Waals surface area contributed by atoms with Crippen molar-refractivity contribution in [1.82, 2.24) is 0 Å². The van der Waals surface area contributed by atoms with E-state index in [0.29, 0.717) is 25.7 Å². The van der Waals surface area contributed by atoms with E-state index in [9.17, 15) is 19.8 Å². The van der Waals surface area contributed by atoms with Gasteiger partial charge in [-0.15, -0.1) is 0 Å². The van der Waals surface area contributed by atoms with E-state index < -0.39 is 12.1 Å². The molecule has 0 heterocycles. The minimum atomic E-state index is -0.753. The zero-order chi connectivity index (χ0) is 17.5. The van der Waals surface area contributed by atoms with Crippen molar-refractivity contribution < 1.29 is 24.9 Å². The summed E-state index contributed by atoms with van der Waals surface area (Å²) in [4.78, 5) is 21.9. The van der Waals surface area contributed by atoms with Crippen LogP contribution in [0, 0.1) is 0 Å². The lowest BCUT2D eigenvalue weighted by molar-refractivity contribution is -0.137. The molecular weight excluding hydrogens is 296 g/mol. The predicted octanol–water partition coefficient (Wildman–Crippen LogP) is 4.14. The van der Waals surface area contributed by atoms with Gasteiger partial charge < -0.3 is 15.3 Å². The zero-order valence-corrected chi connectivity index (χ0v) is 14.3. The summed E-state index contributed by atoms with van der Waals surface area (Å²) in [5.41, 5.74) is 0. The second-order valence-electron chi connectivity index (χ2n) is 6.06. The molecular formula is C18H32O5. The lowest BCUT2D eigenvalue weighted by atomic mass is 10.0. The molecule has 0 saturated carbocycles. The highest BCUT2D eigenvalue weighted by atomic mass is 16.4. The second-order valence-corrected chi connectivity index (χ2v) is 6.06. The van der Waals surface area contributed by atoms with Gasteiger partial charge >= 0.3 is 5.97 Å². The Morgan fingerprint density at radius 1 is 0.913 bits per heavy atom. The maximum Gasteiger partial charge on any atom is 0.303 e. The van der Waals surface area contributed by atoms with Crippen LogP contribution in [0.5, 0.6) is 0 Å². The van der Waals surface area contributed by atoms with Crippen LogP contribution >= 0.6 is 0 Å². The van der Waals surface area contributed by atoms with Crippen molar-refractivity contribution in [3.8, 4) is 0 Å². The van der Waals surface area contributed by atoms with Crippen molar-refractivity contribution in [2.75, 3.05) is 0 Å². The van der Waals surface area contributed by atoms with Gasteiger partial charge in [-0.1, -0.05) is 45.4 Å². The maximum absolute atomic E-state index is 11.6. The average molecular weight is 328 g/mol. The molecule has 0 saturated heterocycles. The summed E-state index contributed by atoms with van der Waals surface area (Å²) in [6.45, 7) is 2.06. The number of aliphatic carboxylic acids is 1. The molecule has 0 radical (unpaired) electrons. The monoisotopic (exact) mass is 328 g/mol. The number of rotatable bonds is 15. The van der Waals surface area contributed by atoms with Gasteiger partial charge in [0.05, 0.1) is 6.10 Å². The Morgan fingerprint density at radius 2 is 1.52 bits per heavy atom. The van der Waals surface area contributed by atoms with Gasteiger partial charge in [0.15, 0.2) is 11.5 Å². The van der Waals surface area contributed by atoms with E-state index in [1.54, 1.807) is 0 Å². The van der Waals surface area contributed by atoms with Gasteiger partial charge in [0, 0.05) is 12.8 Å². The number of aliphatic hydroxyl groups excluding tert-OH is 2. The zero-order valence-electron chi connectivity index (χ0n) is 14.3. The maximum atomic E-state index is 11.6. The summed E-state index contributed by atoms with van der Waals surface area (Å²) >= 11 is 0. The van der Waals surface area contributed by atoms with E-state index in [1.807, 2.05) is 0 Å². The number of unbranched alkanes of at least 4 members (excludes halogenated alkanes) is 6. The molecule has 0 bridgehead atoms. The highest BCUT2D eigenvalue weighted by Crippen LogP contribution is 2.12. The molecule has 3 N–H and O–H groups in total. The third-order valence-corrected chi connectivity index (χ3v) is 3.80. The first kappa shape index (κ1) is 21.6. The number of Topliss-reactive ketones (excluding diaryl/α,β-unsaturated/α-hetero) is 1. The van der Waals surface area contributed by atoms with Crippen molar-refractivity contribution in [1.29, 1.82) is 0 Å². The predicted molar refractivity (Wildman–Crippen MR) is 90.4 cm³/mol. The highest BCUT2D eigenvalue weighted by Gasteiger charge is 2.09. The summed E-state index contributed by atoms with van der Waals surface area (Å²) in [5.74, 6) is -1.23. The van der Waals surface area contributed by atoms with Gasteiger partial charge in [-0.3, -0.25) is 9.59 Å². The van der Waals surface area contributed by atoms with Crippen LogP contribution < -0.4 is 0 Å².